The van der Waals surface area contributed by atoms with E-state index in [0.29, 0.717) is 18.6 Å². The highest BCUT2D eigenvalue weighted by Gasteiger charge is 2.49. The summed E-state index contributed by atoms with van der Waals surface area (Å²) in [5, 5.41) is 0. The molecule has 0 aromatic carbocycles. The molecule has 0 radical (unpaired) electrons. The highest BCUT2D eigenvalue weighted by atomic mass is 16.7. The van der Waals surface area contributed by atoms with Gasteiger partial charge in [-0.3, -0.25) is 0 Å². The largest absolute Gasteiger partial charge is 0.347 e. The van der Waals surface area contributed by atoms with Crippen molar-refractivity contribution in [2.24, 2.45) is 11.1 Å². The Morgan fingerprint density at radius 2 is 2.15 bits per heavy atom. The molecule has 2 N–H and O–H groups in total. The molecule has 2 aliphatic rings. The molecule has 2 atom stereocenters. The second kappa shape index (κ2) is 2.94. The van der Waals surface area contributed by atoms with Gasteiger partial charge in [0.2, 0.25) is 0 Å². The van der Waals surface area contributed by atoms with Gasteiger partial charge in [-0.2, -0.15) is 0 Å². The monoisotopic (exact) mass is 185 g/mol. The topological polar surface area (TPSA) is 44.5 Å². The Morgan fingerprint density at radius 1 is 1.38 bits per heavy atom. The molecular formula is C10H19NO2. The molecule has 13 heavy (non-hydrogen) atoms. The van der Waals surface area contributed by atoms with Crippen molar-refractivity contribution in [2.75, 3.05) is 13.2 Å². The SMILES string of the molecule is CC1(C)CCC2(C1)OCC(CN)O2. The Balaban J connectivity index is 2.01. The van der Waals surface area contributed by atoms with Gasteiger partial charge in [0.25, 0.3) is 0 Å². The molecule has 3 heteroatoms. The van der Waals surface area contributed by atoms with Crippen molar-refractivity contribution in [3.8, 4) is 0 Å². The molecular weight excluding hydrogens is 166 g/mol. The molecule has 2 fully saturated rings. The van der Waals surface area contributed by atoms with E-state index >= 15 is 0 Å². The molecule has 3 nitrogen and oxygen atoms in total. The van der Waals surface area contributed by atoms with Crippen molar-refractivity contribution in [2.45, 2.75) is 45.0 Å². The van der Waals surface area contributed by atoms with Crippen LogP contribution in [0.1, 0.15) is 33.1 Å². The lowest BCUT2D eigenvalue weighted by molar-refractivity contribution is -0.165. The highest BCUT2D eigenvalue weighted by molar-refractivity contribution is 4.92. The molecule has 1 aliphatic heterocycles. The Hall–Kier alpha value is -0.120. The maximum absolute atomic E-state index is 5.85. The third kappa shape index (κ3) is 1.73. The van der Waals surface area contributed by atoms with Gasteiger partial charge in [-0.15, -0.1) is 0 Å². The fourth-order valence-electron chi connectivity index (χ4n) is 2.39. The van der Waals surface area contributed by atoms with Crippen LogP contribution in [-0.2, 0) is 9.47 Å². The molecule has 1 spiro atoms. The number of ether oxygens (including phenoxy) is 2. The fourth-order valence-corrected chi connectivity index (χ4v) is 2.39. The number of hydrogen-bond acceptors (Lipinski definition) is 3. The zero-order valence-corrected chi connectivity index (χ0v) is 8.51. The molecule has 1 saturated carbocycles. The first-order valence-electron chi connectivity index (χ1n) is 5.07. The summed E-state index contributed by atoms with van der Waals surface area (Å²) in [6.45, 7) is 5.78. The molecule has 0 aromatic heterocycles. The van der Waals surface area contributed by atoms with Crippen LogP contribution in [0.4, 0.5) is 0 Å². The van der Waals surface area contributed by atoms with E-state index in [4.69, 9.17) is 15.2 Å². The number of hydrogen-bond donors (Lipinski definition) is 1. The Labute approximate surface area is 79.6 Å². The summed E-state index contributed by atoms with van der Waals surface area (Å²) < 4.78 is 11.6. The van der Waals surface area contributed by atoms with Crippen molar-refractivity contribution in [1.29, 1.82) is 0 Å². The van der Waals surface area contributed by atoms with Crippen LogP contribution in [0.25, 0.3) is 0 Å². The Kier molecular flexibility index (Phi) is 2.13. The van der Waals surface area contributed by atoms with Crippen LogP contribution < -0.4 is 5.73 Å². The first-order chi connectivity index (χ1) is 6.05. The van der Waals surface area contributed by atoms with Gasteiger partial charge in [0.15, 0.2) is 5.79 Å². The molecule has 2 unspecified atom stereocenters. The van der Waals surface area contributed by atoms with Crippen LogP contribution in [0, 0.1) is 5.41 Å². The zero-order valence-electron chi connectivity index (χ0n) is 8.51. The van der Waals surface area contributed by atoms with Crippen molar-refractivity contribution < 1.29 is 9.47 Å². The van der Waals surface area contributed by atoms with E-state index in [1.54, 1.807) is 0 Å². The van der Waals surface area contributed by atoms with Gasteiger partial charge in [-0.25, -0.2) is 0 Å². The second-order valence-corrected chi connectivity index (χ2v) is 5.04. The minimum absolute atomic E-state index is 0.119. The summed E-state index contributed by atoms with van der Waals surface area (Å²) in [5.74, 6) is -0.284. The second-order valence-electron chi connectivity index (χ2n) is 5.04. The summed E-state index contributed by atoms with van der Waals surface area (Å²) in [5.41, 5.74) is 5.91. The van der Waals surface area contributed by atoms with Crippen molar-refractivity contribution in [1.82, 2.24) is 0 Å². The van der Waals surface area contributed by atoms with Crippen LogP contribution in [0.5, 0.6) is 0 Å². The Morgan fingerprint density at radius 3 is 2.62 bits per heavy atom. The lowest BCUT2D eigenvalue weighted by Crippen LogP contribution is -2.30. The molecule has 76 valence electrons. The maximum atomic E-state index is 5.85. The van der Waals surface area contributed by atoms with E-state index in [0.717, 1.165) is 12.8 Å². The number of rotatable bonds is 1. The average Bonchev–Trinajstić information content (AvgIpc) is 2.57. The van der Waals surface area contributed by atoms with Crippen molar-refractivity contribution in [3.05, 3.63) is 0 Å². The van der Waals surface area contributed by atoms with Gasteiger partial charge in [0.05, 0.1) is 12.7 Å². The van der Waals surface area contributed by atoms with Crippen LogP contribution in [-0.4, -0.2) is 25.0 Å². The van der Waals surface area contributed by atoms with Gasteiger partial charge >= 0.3 is 0 Å². The van der Waals surface area contributed by atoms with Crippen molar-refractivity contribution >= 4 is 0 Å². The van der Waals surface area contributed by atoms with E-state index in [2.05, 4.69) is 13.8 Å². The number of nitrogens with two attached hydrogens (primary N) is 1. The third-order valence-electron chi connectivity index (χ3n) is 3.11. The summed E-state index contributed by atoms with van der Waals surface area (Å²) in [6.07, 6.45) is 3.34. The standard InChI is InChI=1S/C10H19NO2/c1-9(2)3-4-10(7-9)12-6-8(5-11)13-10/h8H,3-7,11H2,1-2H3. The minimum atomic E-state index is -0.284. The average molecular weight is 185 g/mol. The van der Waals surface area contributed by atoms with E-state index in [-0.39, 0.29) is 11.9 Å². The normalized spacial score (nSPS) is 43.2. The van der Waals surface area contributed by atoms with Crippen LogP contribution in [0.15, 0.2) is 0 Å². The summed E-state index contributed by atoms with van der Waals surface area (Å²) >= 11 is 0. The minimum Gasteiger partial charge on any atom is -0.347 e. The van der Waals surface area contributed by atoms with Gasteiger partial charge in [0, 0.05) is 19.4 Å². The lowest BCUT2D eigenvalue weighted by Gasteiger charge is -2.24. The first-order valence-corrected chi connectivity index (χ1v) is 5.07. The lowest BCUT2D eigenvalue weighted by atomic mass is 9.91. The van der Waals surface area contributed by atoms with Crippen LogP contribution in [0.2, 0.25) is 0 Å². The molecule has 1 saturated heterocycles. The third-order valence-corrected chi connectivity index (χ3v) is 3.11. The molecule has 2 rings (SSSR count). The van der Waals surface area contributed by atoms with E-state index in [9.17, 15) is 0 Å². The predicted molar refractivity (Wildman–Crippen MR) is 50.2 cm³/mol. The quantitative estimate of drug-likeness (QED) is 0.669. The van der Waals surface area contributed by atoms with E-state index in [1.807, 2.05) is 0 Å². The first kappa shape index (κ1) is 9.44. The molecule has 1 aliphatic carbocycles. The summed E-state index contributed by atoms with van der Waals surface area (Å²) in [4.78, 5) is 0. The van der Waals surface area contributed by atoms with Crippen LogP contribution >= 0.6 is 0 Å². The van der Waals surface area contributed by atoms with Gasteiger partial charge in [-0.1, -0.05) is 13.8 Å². The van der Waals surface area contributed by atoms with Gasteiger partial charge in [-0.05, 0) is 11.8 Å². The van der Waals surface area contributed by atoms with Gasteiger partial charge < -0.3 is 15.2 Å². The highest BCUT2D eigenvalue weighted by Crippen LogP contribution is 2.48. The van der Waals surface area contributed by atoms with Crippen LogP contribution in [0.3, 0.4) is 0 Å². The zero-order chi connectivity index (χ0) is 9.53. The molecule has 0 bridgehead atoms. The summed E-state index contributed by atoms with van der Waals surface area (Å²) in [7, 11) is 0. The molecule has 0 amide bonds. The maximum Gasteiger partial charge on any atom is 0.169 e. The predicted octanol–water partition coefficient (Wildman–Crippen LogP) is 1.27. The molecule has 1 heterocycles. The summed E-state index contributed by atoms with van der Waals surface area (Å²) in [6, 6.07) is 0. The van der Waals surface area contributed by atoms with E-state index in [1.165, 1.54) is 6.42 Å². The van der Waals surface area contributed by atoms with E-state index < -0.39 is 0 Å². The Bertz CT molecular complexity index is 205. The molecule has 0 aromatic rings. The van der Waals surface area contributed by atoms with Gasteiger partial charge in [0.1, 0.15) is 0 Å². The fraction of sp³-hybridized carbons (Fsp3) is 1.00. The smallest absolute Gasteiger partial charge is 0.169 e. The van der Waals surface area contributed by atoms with Crippen molar-refractivity contribution in [3.63, 3.8) is 0 Å².